The van der Waals surface area contributed by atoms with Crippen LogP contribution in [0.3, 0.4) is 0 Å². The summed E-state index contributed by atoms with van der Waals surface area (Å²) in [5.41, 5.74) is 2.58. The maximum atomic E-state index is 4.72. The molecule has 0 bridgehead atoms. The third-order valence-electron chi connectivity index (χ3n) is 4.65. The van der Waals surface area contributed by atoms with Crippen LogP contribution in [-0.2, 0) is 6.54 Å². The third-order valence-corrected chi connectivity index (χ3v) is 4.65. The van der Waals surface area contributed by atoms with Crippen LogP contribution < -0.4 is 10.6 Å². The molecule has 0 aromatic heterocycles. The van der Waals surface area contributed by atoms with Crippen LogP contribution in [0.5, 0.6) is 0 Å². The van der Waals surface area contributed by atoms with E-state index >= 15 is 0 Å². The molecule has 0 unspecified atom stereocenters. The van der Waals surface area contributed by atoms with Crippen molar-refractivity contribution in [2.45, 2.75) is 27.3 Å². The van der Waals surface area contributed by atoms with Crippen LogP contribution in [0.25, 0.3) is 0 Å². The quantitative estimate of drug-likeness (QED) is 0.589. The SMILES string of the molecule is CCNC(=NCc1ccccc1C)NCCN1CCN(CC)CC1. The first-order valence-electron chi connectivity index (χ1n) is 9.24. The number of hydrogen-bond acceptors (Lipinski definition) is 3. The molecule has 0 amide bonds. The van der Waals surface area contributed by atoms with Crippen LogP contribution in [0.2, 0.25) is 0 Å². The summed E-state index contributed by atoms with van der Waals surface area (Å²) in [5.74, 6) is 0.910. The maximum Gasteiger partial charge on any atom is 0.191 e. The Morgan fingerprint density at radius 3 is 2.42 bits per heavy atom. The Kier molecular flexibility index (Phi) is 8.05. The summed E-state index contributed by atoms with van der Waals surface area (Å²) < 4.78 is 0. The first-order chi connectivity index (χ1) is 11.7. The predicted molar refractivity (Wildman–Crippen MR) is 103 cm³/mol. The average Bonchev–Trinajstić information content (AvgIpc) is 2.61. The van der Waals surface area contributed by atoms with Crippen LogP contribution in [0, 0.1) is 6.92 Å². The summed E-state index contributed by atoms with van der Waals surface area (Å²) in [5, 5.41) is 6.80. The van der Waals surface area contributed by atoms with Crippen LogP contribution in [-0.4, -0.2) is 68.1 Å². The van der Waals surface area contributed by atoms with Gasteiger partial charge in [-0.25, -0.2) is 4.99 Å². The second-order valence-corrected chi connectivity index (χ2v) is 6.32. The van der Waals surface area contributed by atoms with Crippen molar-refractivity contribution >= 4 is 5.96 Å². The predicted octanol–water partition coefficient (Wildman–Crippen LogP) is 1.69. The van der Waals surface area contributed by atoms with E-state index in [9.17, 15) is 0 Å². The number of nitrogens with one attached hydrogen (secondary N) is 2. The van der Waals surface area contributed by atoms with Gasteiger partial charge in [-0.05, 0) is 31.5 Å². The molecule has 1 aliphatic heterocycles. The molecule has 5 nitrogen and oxygen atoms in total. The summed E-state index contributed by atoms with van der Waals surface area (Å²) in [7, 11) is 0. The van der Waals surface area contributed by atoms with Gasteiger partial charge in [-0.2, -0.15) is 0 Å². The number of likely N-dealkylation sites (N-methyl/N-ethyl adjacent to an activating group) is 1. The lowest BCUT2D eigenvalue weighted by Gasteiger charge is -2.34. The molecule has 1 saturated heterocycles. The molecule has 1 fully saturated rings. The molecular formula is C19H33N5. The molecule has 0 atom stereocenters. The van der Waals surface area contributed by atoms with Crippen LogP contribution >= 0.6 is 0 Å². The van der Waals surface area contributed by atoms with Gasteiger partial charge in [-0.3, -0.25) is 4.90 Å². The van der Waals surface area contributed by atoms with Gasteiger partial charge in [0.2, 0.25) is 0 Å². The number of piperazine rings is 1. The van der Waals surface area contributed by atoms with Crippen LogP contribution in [0.1, 0.15) is 25.0 Å². The Balaban J connectivity index is 1.76. The summed E-state index contributed by atoms with van der Waals surface area (Å²) in [6.45, 7) is 16.0. The van der Waals surface area contributed by atoms with Gasteiger partial charge in [0.05, 0.1) is 6.54 Å². The molecule has 1 aliphatic rings. The summed E-state index contributed by atoms with van der Waals surface area (Å²) in [6.07, 6.45) is 0. The van der Waals surface area contributed by atoms with E-state index < -0.39 is 0 Å². The fourth-order valence-corrected chi connectivity index (χ4v) is 2.96. The summed E-state index contributed by atoms with van der Waals surface area (Å²) >= 11 is 0. The number of benzene rings is 1. The van der Waals surface area contributed by atoms with E-state index in [1.54, 1.807) is 0 Å². The van der Waals surface area contributed by atoms with E-state index in [1.807, 2.05) is 0 Å². The van der Waals surface area contributed by atoms with E-state index in [4.69, 9.17) is 4.99 Å². The van der Waals surface area contributed by atoms with Crippen molar-refractivity contribution < 1.29 is 0 Å². The lowest BCUT2D eigenvalue weighted by Crippen LogP contribution is -2.49. The molecule has 24 heavy (non-hydrogen) atoms. The molecule has 0 aliphatic carbocycles. The van der Waals surface area contributed by atoms with Gasteiger partial charge < -0.3 is 15.5 Å². The van der Waals surface area contributed by atoms with Crippen LogP contribution in [0.4, 0.5) is 0 Å². The topological polar surface area (TPSA) is 42.9 Å². The fourth-order valence-electron chi connectivity index (χ4n) is 2.96. The zero-order valence-corrected chi connectivity index (χ0v) is 15.5. The van der Waals surface area contributed by atoms with Gasteiger partial charge in [0.1, 0.15) is 0 Å². The molecule has 2 rings (SSSR count). The molecule has 0 radical (unpaired) electrons. The highest BCUT2D eigenvalue weighted by atomic mass is 15.3. The zero-order valence-electron chi connectivity index (χ0n) is 15.5. The largest absolute Gasteiger partial charge is 0.357 e. The minimum atomic E-state index is 0.719. The Morgan fingerprint density at radius 2 is 1.75 bits per heavy atom. The monoisotopic (exact) mass is 331 g/mol. The van der Waals surface area contributed by atoms with Gasteiger partial charge in [0, 0.05) is 45.8 Å². The first kappa shape index (κ1) is 18.7. The van der Waals surface area contributed by atoms with Crippen molar-refractivity contribution in [3.05, 3.63) is 35.4 Å². The fraction of sp³-hybridized carbons (Fsp3) is 0.632. The Bertz CT molecular complexity index is 506. The number of aliphatic imine (C=N–C) groups is 1. The third kappa shape index (κ3) is 6.13. The number of aryl methyl sites for hydroxylation is 1. The number of nitrogens with zero attached hydrogens (tertiary/aromatic N) is 3. The lowest BCUT2D eigenvalue weighted by molar-refractivity contribution is 0.139. The van der Waals surface area contributed by atoms with Gasteiger partial charge in [0.25, 0.3) is 0 Å². The van der Waals surface area contributed by atoms with E-state index in [2.05, 4.69) is 65.5 Å². The number of rotatable bonds is 7. The molecule has 1 aromatic rings. The van der Waals surface area contributed by atoms with Gasteiger partial charge in [-0.1, -0.05) is 31.2 Å². The second-order valence-electron chi connectivity index (χ2n) is 6.32. The molecule has 2 N–H and O–H groups in total. The molecular weight excluding hydrogens is 298 g/mol. The number of hydrogen-bond donors (Lipinski definition) is 2. The van der Waals surface area contributed by atoms with Crippen molar-refractivity contribution in [2.75, 3.05) is 52.4 Å². The molecule has 0 saturated carbocycles. The first-order valence-corrected chi connectivity index (χ1v) is 9.24. The lowest BCUT2D eigenvalue weighted by atomic mass is 10.1. The average molecular weight is 332 g/mol. The summed E-state index contributed by atoms with van der Waals surface area (Å²) in [4.78, 5) is 9.76. The van der Waals surface area contributed by atoms with Gasteiger partial charge in [0.15, 0.2) is 5.96 Å². The highest BCUT2D eigenvalue weighted by molar-refractivity contribution is 5.79. The van der Waals surface area contributed by atoms with Crippen molar-refractivity contribution in [2.24, 2.45) is 4.99 Å². The molecule has 134 valence electrons. The van der Waals surface area contributed by atoms with Crippen molar-refractivity contribution in [3.8, 4) is 0 Å². The van der Waals surface area contributed by atoms with Crippen LogP contribution in [0.15, 0.2) is 29.3 Å². The van der Waals surface area contributed by atoms with E-state index in [0.29, 0.717) is 0 Å². The Labute approximate surface area is 147 Å². The van der Waals surface area contributed by atoms with E-state index in [-0.39, 0.29) is 0 Å². The van der Waals surface area contributed by atoms with Gasteiger partial charge >= 0.3 is 0 Å². The summed E-state index contributed by atoms with van der Waals surface area (Å²) in [6, 6.07) is 8.44. The second kappa shape index (κ2) is 10.3. The molecule has 1 heterocycles. The Morgan fingerprint density at radius 1 is 1.04 bits per heavy atom. The maximum absolute atomic E-state index is 4.72. The minimum Gasteiger partial charge on any atom is -0.357 e. The molecule has 5 heteroatoms. The van der Waals surface area contributed by atoms with Crippen molar-refractivity contribution in [3.63, 3.8) is 0 Å². The highest BCUT2D eigenvalue weighted by Crippen LogP contribution is 2.07. The highest BCUT2D eigenvalue weighted by Gasteiger charge is 2.14. The molecule has 1 aromatic carbocycles. The Hall–Kier alpha value is -1.59. The zero-order chi connectivity index (χ0) is 17.2. The van der Waals surface area contributed by atoms with E-state index in [1.165, 1.54) is 43.9 Å². The van der Waals surface area contributed by atoms with Crippen molar-refractivity contribution in [1.82, 2.24) is 20.4 Å². The van der Waals surface area contributed by atoms with Gasteiger partial charge in [-0.15, -0.1) is 0 Å². The minimum absolute atomic E-state index is 0.719. The van der Waals surface area contributed by atoms with Crippen molar-refractivity contribution in [1.29, 1.82) is 0 Å². The molecule has 0 spiro atoms. The number of guanidine groups is 1. The smallest absolute Gasteiger partial charge is 0.191 e. The normalized spacial score (nSPS) is 17.0. The standard InChI is InChI=1S/C19H33N5/c1-4-20-19(22-16-18-9-7-6-8-17(18)3)21-10-11-24-14-12-23(5-2)13-15-24/h6-9H,4-5,10-16H2,1-3H3,(H2,20,21,22). The van der Waals surface area contributed by atoms with E-state index in [0.717, 1.165) is 32.1 Å².